The van der Waals surface area contributed by atoms with E-state index in [0.29, 0.717) is 23.3 Å². The van der Waals surface area contributed by atoms with E-state index >= 15 is 0 Å². The number of carbonyl (C=O) groups is 1. The van der Waals surface area contributed by atoms with Gasteiger partial charge in [-0.15, -0.1) is 0 Å². The summed E-state index contributed by atoms with van der Waals surface area (Å²) in [6, 6.07) is 3.48. The Bertz CT molecular complexity index is 612. The number of aryl methyl sites for hydroxylation is 1. The van der Waals surface area contributed by atoms with Crippen LogP contribution in [0.15, 0.2) is 16.9 Å². The third-order valence-electron chi connectivity index (χ3n) is 2.37. The number of rotatable bonds is 2. The van der Waals surface area contributed by atoms with Crippen LogP contribution in [-0.2, 0) is 4.74 Å². The van der Waals surface area contributed by atoms with E-state index in [1.807, 2.05) is 6.92 Å². The number of anilines is 1. The van der Waals surface area contributed by atoms with Gasteiger partial charge in [0.05, 0.1) is 17.6 Å². The molecule has 0 bridgehead atoms. The summed E-state index contributed by atoms with van der Waals surface area (Å²) in [7, 11) is 0. The number of hydrogen-bond donors (Lipinski definition) is 3. The maximum atomic E-state index is 11.3. The van der Waals surface area contributed by atoms with Gasteiger partial charge in [0.15, 0.2) is 0 Å². The fraction of sp³-hybridized carbons (Fsp3) is 0.273. The van der Waals surface area contributed by atoms with Crippen LogP contribution in [0, 0.1) is 6.92 Å². The minimum Gasteiger partial charge on any atom is -0.450 e. The predicted octanol–water partition coefficient (Wildman–Crippen LogP) is 1.73. The molecule has 6 nitrogen and oxygen atoms in total. The van der Waals surface area contributed by atoms with Crippen molar-refractivity contribution >= 4 is 22.8 Å². The third kappa shape index (κ3) is 2.30. The summed E-state index contributed by atoms with van der Waals surface area (Å²) >= 11 is 0. The number of imidazole rings is 1. The zero-order valence-corrected chi connectivity index (χ0v) is 9.59. The molecule has 0 saturated carbocycles. The van der Waals surface area contributed by atoms with Gasteiger partial charge in [-0.2, -0.15) is 0 Å². The Morgan fingerprint density at radius 3 is 2.65 bits per heavy atom. The van der Waals surface area contributed by atoms with Crippen molar-refractivity contribution in [3.05, 3.63) is 28.2 Å². The Morgan fingerprint density at radius 1 is 1.35 bits per heavy atom. The zero-order chi connectivity index (χ0) is 12.4. The molecule has 0 radical (unpaired) electrons. The van der Waals surface area contributed by atoms with Crippen molar-refractivity contribution in [3.63, 3.8) is 0 Å². The van der Waals surface area contributed by atoms with Crippen molar-refractivity contribution in [2.24, 2.45) is 0 Å². The highest BCUT2D eigenvalue weighted by Crippen LogP contribution is 2.20. The fourth-order valence-electron chi connectivity index (χ4n) is 1.60. The second-order valence-electron chi connectivity index (χ2n) is 3.64. The Balaban J connectivity index is 2.36. The molecule has 1 heterocycles. The molecule has 1 aromatic heterocycles. The summed E-state index contributed by atoms with van der Waals surface area (Å²) in [5.41, 5.74) is 2.55. The van der Waals surface area contributed by atoms with E-state index in [-0.39, 0.29) is 5.69 Å². The lowest BCUT2D eigenvalue weighted by molar-refractivity contribution is 0.168. The van der Waals surface area contributed by atoms with Crippen LogP contribution in [0.4, 0.5) is 10.5 Å². The van der Waals surface area contributed by atoms with Gasteiger partial charge < -0.3 is 14.7 Å². The van der Waals surface area contributed by atoms with Crippen LogP contribution >= 0.6 is 0 Å². The van der Waals surface area contributed by atoms with E-state index in [2.05, 4.69) is 15.3 Å². The van der Waals surface area contributed by atoms with Gasteiger partial charge in [-0.05, 0) is 31.5 Å². The minimum atomic E-state index is -0.507. The van der Waals surface area contributed by atoms with Crippen molar-refractivity contribution in [2.45, 2.75) is 13.8 Å². The number of nitrogens with one attached hydrogen (secondary N) is 3. The molecule has 0 unspecified atom stereocenters. The Hall–Kier alpha value is -2.24. The molecule has 1 amide bonds. The van der Waals surface area contributed by atoms with Crippen LogP contribution in [0.1, 0.15) is 12.5 Å². The first-order valence-electron chi connectivity index (χ1n) is 5.26. The number of aromatic amines is 2. The van der Waals surface area contributed by atoms with Crippen LogP contribution in [0.2, 0.25) is 0 Å². The van der Waals surface area contributed by atoms with E-state index in [1.165, 1.54) is 0 Å². The maximum Gasteiger partial charge on any atom is 0.411 e. The number of ether oxygens (including phenoxy) is 1. The van der Waals surface area contributed by atoms with E-state index in [4.69, 9.17) is 4.74 Å². The monoisotopic (exact) mass is 235 g/mol. The van der Waals surface area contributed by atoms with Crippen molar-refractivity contribution in [3.8, 4) is 0 Å². The van der Waals surface area contributed by atoms with Crippen molar-refractivity contribution < 1.29 is 9.53 Å². The lowest BCUT2D eigenvalue weighted by Gasteiger charge is -2.08. The summed E-state index contributed by atoms with van der Waals surface area (Å²) in [6.45, 7) is 3.89. The van der Waals surface area contributed by atoms with Gasteiger partial charge in [0.25, 0.3) is 0 Å². The summed E-state index contributed by atoms with van der Waals surface area (Å²) in [5.74, 6) is 0. The standard InChI is InChI=1S/C11H13N3O3/c1-3-17-11(16)14-7-5-9-8(4-6(7)2)12-10(15)13-9/h4-5H,3H2,1-2H3,(H,14,16)(H2,12,13,15). The van der Waals surface area contributed by atoms with Crippen molar-refractivity contribution in [1.82, 2.24) is 9.97 Å². The highest BCUT2D eigenvalue weighted by atomic mass is 16.5. The molecule has 2 aromatic rings. The van der Waals surface area contributed by atoms with Crippen molar-refractivity contribution in [1.29, 1.82) is 0 Å². The minimum absolute atomic E-state index is 0.271. The molecule has 0 atom stereocenters. The van der Waals surface area contributed by atoms with E-state index in [9.17, 15) is 9.59 Å². The van der Waals surface area contributed by atoms with Crippen LogP contribution in [0.3, 0.4) is 0 Å². The van der Waals surface area contributed by atoms with Crippen LogP contribution in [0.5, 0.6) is 0 Å². The first kappa shape index (κ1) is 11.3. The molecule has 3 N–H and O–H groups in total. The Kier molecular flexibility index (Phi) is 2.86. The smallest absolute Gasteiger partial charge is 0.411 e. The Labute approximate surface area is 97.0 Å². The Morgan fingerprint density at radius 2 is 2.00 bits per heavy atom. The molecule has 6 heteroatoms. The molecular weight excluding hydrogens is 222 g/mol. The second-order valence-corrected chi connectivity index (χ2v) is 3.64. The van der Waals surface area contributed by atoms with Crippen molar-refractivity contribution in [2.75, 3.05) is 11.9 Å². The van der Waals surface area contributed by atoms with Crippen LogP contribution in [-0.4, -0.2) is 22.7 Å². The number of fused-ring (bicyclic) bond motifs is 1. The molecule has 0 saturated heterocycles. The van der Waals surface area contributed by atoms with E-state index in [0.717, 1.165) is 5.56 Å². The first-order chi connectivity index (χ1) is 8.10. The van der Waals surface area contributed by atoms with Gasteiger partial charge in [0, 0.05) is 5.69 Å². The number of benzene rings is 1. The molecule has 17 heavy (non-hydrogen) atoms. The maximum absolute atomic E-state index is 11.3. The molecule has 90 valence electrons. The molecule has 1 aromatic carbocycles. The molecule has 0 aliphatic carbocycles. The number of hydrogen-bond acceptors (Lipinski definition) is 3. The van der Waals surface area contributed by atoms with Gasteiger partial charge in [-0.3, -0.25) is 5.32 Å². The number of carbonyl (C=O) groups excluding carboxylic acids is 1. The number of aromatic nitrogens is 2. The fourth-order valence-corrected chi connectivity index (χ4v) is 1.60. The number of amides is 1. The summed E-state index contributed by atoms with van der Waals surface area (Å²) in [6.07, 6.45) is -0.507. The van der Waals surface area contributed by atoms with Gasteiger partial charge in [-0.25, -0.2) is 9.59 Å². The van der Waals surface area contributed by atoms with E-state index in [1.54, 1.807) is 19.1 Å². The summed E-state index contributed by atoms with van der Waals surface area (Å²) in [5, 5.41) is 2.62. The molecular formula is C11H13N3O3. The lowest BCUT2D eigenvalue weighted by atomic mass is 10.2. The van der Waals surface area contributed by atoms with Gasteiger partial charge in [-0.1, -0.05) is 0 Å². The van der Waals surface area contributed by atoms with E-state index < -0.39 is 6.09 Å². The molecule has 2 rings (SSSR count). The number of H-pyrrole nitrogens is 2. The summed E-state index contributed by atoms with van der Waals surface area (Å²) < 4.78 is 4.79. The first-order valence-corrected chi connectivity index (χ1v) is 5.26. The average Bonchev–Trinajstić information content (AvgIpc) is 2.58. The lowest BCUT2D eigenvalue weighted by Crippen LogP contribution is -2.14. The zero-order valence-electron chi connectivity index (χ0n) is 9.59. The molecule has 0 aliphatic heterocycles. The molecule has 0 spiro atoms. The van der Waals surface area contributed by atoms with Gasteiger partial charge >= 0.3 is 11.8 Å². The largest absolute Gasteiger partial charge is 0.450 e. The molecule has 0 aliphatic rings. The SMILES string of the molecule is CCOC(=O)Nc1cc2[nH]c(=O)[nH]c2cc1C. The van der Waals surface area contributed by atoms with Gasteiger partial charge in [0.1, 0.15) is 0 Å². The predicted molar refractivity (Wildman–Crippen MR) is 64.3 cm³/mol. The second kappa shape index (κ2) is 4.32. The van der Waals surface area contributed by atoms with Crippen LogP contribution < -0.4 is 11.0 Å². The highest BCUT2D eigenvalue weighted by molar-refractivity contribution is 5.90. The molecule has 0 fully saturated rings. The normalized spacial score (nSPS) is 10.5. The summed E-state index contributed by atoms with van der Waals surface area (Å²) in [4.78, 5) is 27.7. The highest BCUT2D eigenvalue weighted by Gasteiger charge is 2.07. The van der Waals surface area contributed by atoms with Crippen LogP contribution in [0.25, 0.3) is 11.0 Å². The third-order valence-corrected chi connectivity index (χ3v) is 2.37. The quantitative estimate of drug-likeness (QED) is 0.740. The van der Waals surface area contributed by atoms with Gasteiger partial charge in [0.2, 0.25) is 0 Å². The average molecular weight is 235 g/mol. The topological polar surface area (TPSA) is 87.0 Å².